The van der Waals surface area contributed by atoms with Crippen molar-refractivity contribution in [3.8, 4) is 0 Å². The lowest BCUT2D eigenvalue weighted by Gasteiger charge is -2.34. The summed E-state index contributed by atoms with van der Waals surface area (Å²) >= 11 is 0. The molecule has 0 radical (unpaired) electrons. The van der Waals surface area contributed by atoms with E-state index in [0.717, 1.165) is 57.9 Å². The zero-order chi connectivity index (χ0) is 21.3. The summed E-state index contributed by atoms with van der Waals surface area (Å²) in [5.41, 5.74) is 2.54. The monoisotopic (exact) mass is 415 g/mol. The van der Waals surface area contributed by atoms with Crippen molar-refractivity contribution in [1.29, 1.82) is 0 Å². The van der Waals surface area contributed by atoms with Crippen molar-refractivity contribution in [2.24, 2.45) is 10.9 Å². The van der Waals surface area contributed by atoms with Crippen LogP contribution >= 0.6 is 0 Å². The van der Waals surface area contributed by atoms with Crippen molar-refractivity contribution in [2.75, 3.05) is 46.9 Å². The number of likely N-dealkylation sites (tertiary alicyclic amines) is 1. The molecule has 30 heavy (non-hydrogen) atoms. The maximum atomic E-state index is 11.6. The Bertz CT molecular complexity index is 698. The number of nitrogens with zero attached hydrogens (tertiary/aromatic N) is 2. The van der Waals surface area contributed by atoms with E-state index in [0.29, 0.717) is 18.5 Å². The molecule has 0 aromatic heterocycles. The number of hydrogen-bond donors (Lipinski definition) is 3. The molecular formula is C23H37N5O2. The minimum atomic E-state index is 0.0803. The Balaban J connectivity index is 1.47. The Morgan fingerprint density at radius 1 is 1.20 bits per heavy atom. The third-order valence-electron chi connectivity index (χ3n) is 6.18. The first-order chi connectivity index (χ1) is 14.6. The van der Waals surface area contributed by atoms with Crippen molar-refractivity contribution in [3.63, 3.8) is 0 Å². The SMILES string of the molecule is CN=C(NCC1CCCOC1c1ccc(C)cc1)NC1CCN(CC(=O)NC)CC1. The molecule has 166 valence electrons. The van der Waals surface area contributed by atoms with Gasteiger partial charge in [0, 0.05) is 52.3 Å². The molecule has 2 heterocycles. The van der Waals surface area contributed by atoms with Crippen LogP contribution in [0.5, 0.6) is 0 Å². The summed E-state index contributed by atoms with van der Waals surface area (Å²) in [4.78, 5) is 18.2. The average molecular weight is 416 g/mol. The highest BCUT2D eigenvalue weighted by Crippen LogP contribution is 2.33. The molecule has 3 N–H and O–H groups in total. The van der Waals surface area contributed by atoms with Gasteiger partial charge in [-0.1, -0.05) is 29.8 Å². The maximum absolute atomic E-state index is 11.6. The van der Waals surface area contributed by atoms with Gasteiger partial charge in [0.05, 0.1) is 12.6 Å². The first-order valence-electron chi connectivity index (χ1n) is 11.2. The second-order valence-corrected chi connectivity index (χ2v) is 8.43. The molecule has 2 fully saturated rings. The van der Waals surface area contributed by atoms with E-state index in [4.69, 9.17) is 4.74 Å². The predicted octanol–water partition coefficient (Wildman–Crippen LogP) is 1.84. The van der Waals surface area contributed by atoms with E-state index < -0.39 is 0 Å². The molecule has 0 spiro atoms. The molecule has 1 aromatic rings. The molecule has 7 heteroatoms. The molecule has 0 bridgehead atoms. The Kier molecular flexibility index (Phi) is 8.51. The molecule has 3 rings (SSSR count). The molecule has 2 unspecified atom stereocenters. The van der Waals surface area contributed by atoms with Crippen LogP contribution in [0.15, 0.2) is 29.3 Å². The minimum Gasteiger partial charge on any atom is -0.373 e. The number of ether oxygens (including phenoxy) is 1. The number of hydrogen-bond acceptors (Lipinski definition) is 4. The van der Waals surface area contributed by atoms with Crippen LogP contribution < -0.4 is 16.0 Å². The lowest BCUT2D eigenvalue weighted by Crippen LogP contribution is -2.50. The number of nitrogens with one attached hydrogen (secondary N) is 3. The fourth-order valence-corrected chi connectivity index (χ4v) is 4.31. The van der Waals surface area contributed by atoms with Gasteiger partial charge in [-0.15, -0.1) is 0 Å². The van der Waals surface area contributed by atoms with E-state index in [9.17, 15) is 4.79 Å². The van der Waals surface area contributed by atoms with Crippen molar-refractivity contribution < 1.29 is 9.53 Å². The van der Waals surface area contributed by atoms with Crippen LogP contribution in [0.3, 0.4) is 0 Å². The van der Waals surface area contributed by atoms with Crippen LogP contribution in [0.25, 0.3) is 0 Å². The van der Waals surface area contributed by atoms with Gasteiger partial charge in [-0.05, 0) is 38.2 Å². The molecule has 2 aliphatic heterocycles. The van der Waals surface area contributed by atoms with Gasteiger partial charge in [0.15, 0.2) is 5.96 Å². The van der Waals surface area contributed by atoms with E-state index in [1.54, 1.807) is 7.05 Å². The lowest BCUT2D eigenvalue weighted by atomic mass is 9.89. The van der Waals surface area contributed by atoms with Gasteiger partial charge in [-0.25, -0.2) is 0 Å². The smallest absolute Gasteiger partial charge is 0.233 e. The van der Waals surface area contributed by atoms with Gasteiger partial charge in [0.1, 0.15) is 0 Å². The Hall–Kier alpha value is -2.12. The third-order valence-corrected chi connectivity index (χ3v) is 6.18. The molecule has 0 saturated carbocycles. The van der Waals surface area contributed by atoms with Gasteiger partial charge in [-0.2, -0.15) is 0 Å². The fraction of sp³-hybridized carbons (Fsp3) is 0.652. The number of carbonyl (C=O) groups excluding carboxylic acids is 1. The number of aliphatic imine (C=N–C) groups is 1. The largest absolute Gasteiger partial charge is 0.373 e. The minimum absolute atomic E-state index is 0.0803. The van der Waals surface area contributed by atoms with Crippen LogP contribution in [0, 0.1) is 12.8 Å². The summed E-state index contributed by atoms with van der Waals surface area (Å²) in [6.45, 7) is 6.12. The number of aryl methyl sites for hydroxylation is 1. The molecule has 1 amide bonds. The maximum Gasteiger partial charge on any atom is 0.233 e. The molecular weight excluding hydrogens is 378 g/mol. The Labute approximate surface area is 180 Å². The number of rotatable bonds is 6. The number of benzene rings is 1. The lowest BCUT2D eigenvalue weighted by molar-refractivity contribution is -0.122. The molecule has 2 atom stereocenters. The number of amides is 1. The second-order valence-electron chi connectivity index (χ2n) is 8.43. The number of piperidine rings is 1. The fourth-order valence-electron chi connectivity index (χ4n) is 4.31. The quantitative estimate of drug-likeness (QED) is 0.488. The number of guanidine groups is 1. The third kappa shape index (κ3) is 6.44. The van der Waals surface area contributed by atoms with E-state index in [2.05, 4.69) is 57.0 Å². The highest BCUT2D eigenvalue weighted by Gasteiger charge is 2.28. The summed E-state index contributed by atoms with van der Waals surface area (Å²) < 4.78 is 6.15. The normalized spacial score (nSPS) is 23.8. The van der Waals surface area contributed by atoms with Crippen molar-refractivity contribution >= 4 is 11.9 Å². The van der Waals surface area contributed by atoms with E-state index >= 15 is 0 Å². The zero-order valence-electron chi connectivity index (χ0n) is 18.6. The Morgan fingerprint density at radius 2 is 1.93 bits per heavy atom. The summed E-state index contributed by atoms with van der Waals surface area (Å²) in [6, 6.07) is 9.09. The van der Waals surface area contributed by atoms with Crippen LogP contribution in [0.2, 0.25) is 0 Å². The predicted molar refractivity (Wildman–Crippen MR) is 121 cm³/mol. The van der Waals surface area contributed by atoms with Gasteiger partial charge < -0.3 is 20.7 Å². The highest BCUT2D eigenvalue weighted by molar-refractivity contribution is 5.80. The molecule has 0 aliphatic carbocycles. The highest BCUT2D eigenvalue weighted by atomic mass is 16.5. The van der Waals surface area contributed by atoms with E-state index in [1.165, 1.54) is 11.1 Å². The summed E-state index contributed by atoms with van der Waals surface area (Å²) in [7, 11) is 3.51. The van der Waals surface area contributed by atoms with Gasteiger partial charge in [0.2, 0.25) is 5.91 Å². The summed E-state index contributed by atoms with van der Waals surface area (Å²) in [5, 5.41) is 9.79. The topological polar surface area (TPSA) is 78.0 Å². The standard InChI is InChI=1S/C23H37N5O2/c1-17-6-8-18(9-7-17)22-19(5-4-14-30-22)15-26-23(25-3)27-20-10-12-28(13-11-20)16-21(29)24-2/h6-9,19-20,22H,4-5,10-16H2,1-3H3,(H,24,29)(H2,25,26,27). The molecule has 1 aromatic carbocycles. The van der Waals surface area contributed by atoms with Crippen molar-refractivity contribution in [2.45, 2.75) is 44.8 Å². The van der Waals surface area contributed by atoms with Crippen LogP contribution in [-0.2, 0) is 9.53 Å². The second kappa shape index (κ2) is 11.3. The Morgan fingerprint density at radius 3 is 2.60 bits per heavy atom. The zero-order valence-corrected chi connectivity index (χ0v) is 18.6. The molecule has 2 aliphatic rings. The van der Waals surface area contributed by atoms with Gasteiger partial charge in [-0.3, -0.25) is 14.7 Å². The van der Waals surface area contributed by atoms with E-state index in [-0.39, 0.29) is 12.0 Å². The van der Waals surface area contributed by atoms with E-state index in [1.807, 2.05) is 7.05 Å². The number of carbonyl (C=O) groups is 1. The van der Waals surface area contributed by atoms with Crippen molar-refractivity contribution in [1.82, 2.24) is 20.9 Å². The first-order valence-corrected chi connectivity index (χ1v) is 11.2. The van der Waals surface area contributed by atoms with Gasteiger partial charge in [0.25, 0.3) is 0 Å². The number of likely N-dealkylation sites (N-methyl/N-ethyl adjacent to an activating group) is 1. The van der Waals surface area contributed by atoms with Crippen LogP contribution in [0.4, 0.5) is 0 Å². The van der Waals surface area contributed by atoms with Crippen LogP contribution in [-0.4, -0.2) is 69.7 Å². The molecule has 7 nitrogen and oxygen atoms in total. The summed E-state index contributed by atoms with van der Waals surface area (Å²) in [5.74, 6) is 1.36. The summed E-state index contributed by atoms with van der Waals surface area (Å²) in [6.07, 6.45) is 4.41. The first kappa shape index (κ1) is 22.6. The molecule has 2 saturated heterocycles. The average Bonchev–Trinajstić information content (AvgIpc) is 2.78. The van der Waals surface area contributed by atoms with Crippen molar-refractivity contribution in [3.05, 3.63) is 35.4 Å². The van der Waals surface area contributed by atoms with Crippen LogP contribution in [0.1, 0.15) is 42.9 Å². The van der Waals surface area contributed by atoms with Gasteiger partial charge >= 0.3 is 0 Å².